The van der Waals surface area contributed by atoms with Crippen molar-refractivity contribution < 1.29 is 13.5 Å². The Morgan fingerprint density at radius 2 is 1.79 bits per heavy atom. The van der Waals surface area contributed by atoms with Gasteiger partial charge in [-0.3, -0.25) is 0 Å². The van der Waals surface area contributed by atoms with Gasteiger partial charge in [0.05, 0.1) is 6.61 Å². The van der Waals surface area contributed by atoms with Gasteiger partial charge in [-0.15, -0.1) is 0 Å². The molecule has 114 valence electrons. The fourth-order valence-corrected chi connectivity index (χ4v) is 4.80. The van der Waals surface area contributed by atoms with E-state index in [2.05, 4.69) is 4.72 Å². The molecule has 1 atom stereocenters. The van der Waals surface area contributed by atoms with Crippen molar-refractivity contribution in [2.24, 2.45) is 0 Å². The molecule has 0 aliphatic carbocycles. The molecule has 0 aromatic heterocycles. The Morgan fingerprint density at radius 1 is 1.21 bits per heavy atom. The summed E-state index contributed by atoms with van der Waals surface area (Å²) in [6.45, 7) is 6.44. The largest absolute Gasteiger partial charge is 0.395 e. The molecule has 0 radical (unpaired) electrons. The monoisotopic (exact) mass is 292 g/mol. The summed E-state index contributed by atoms with van der Waals surface area (Å²) in [5.74, 6) is 0. The predicted octanol–water partition coefficient (Wildman–Crippen LogP) is 1.64. The van der Waals surface area contributed by atoms with Crippen LogP contribution >= 0.6 is 0 Å². The van der Waals surface area contributed by atoms with Crippen LogP contribution in [0.15, 0.2) is 0 Å². The Hall–Kier alpha value is -0.170. The van der Waals surface area contributed by atoms with Crippen LogP contribution in [0.25, 0.3) is 0 Å². The van der Waals surface area contributed by atoms with Gasteiger partial charge < -0.3 is 5.11 Å². The molecule has 1 aliphatic rings. The molecule has 1 heterocycles. The van der Waals surface area contributed by atoms with E-state index in [0.29, 0.717) is 6.54 Å². The molecule has 2 N–H and O–H groups in total. The first kappa shape index (κ1) is 16.9. The van der Waals surface area contributed by atoms with Crippen LogP contribution < -0.4 is 4.72 Å². The molecule has 1 aliphatic heterocycles. The van der Waals surface area contributed by atoms with Gasteiger partial charge in [0.25, 0.3) is 10.2 Å². The highest BCUT2D eigenvalue weighted by Crippen LogP contribution is 2.25. The van der Waals surface area contributed by atoms with E-state index < -0.39 is 10.2 Å². The molecule has 1 fully saturated rings. The van der Waals surface area contributed by atoms with Crippen LogP contribution in [-0.4, -0.2) is 42.6 Å². The predicted molar refractivity (Wildman–Crippen MR) is 77.1 cm³/mol. The van der Waals surface area contributed by atoms with Gasteiger partial charge in [-0.25, -0.2) is 0 Å². The number of nitrogens with zero attached hydrogens (tertiary/aromatic N) is 1. The average Bonchev–Trinajstić information content (AvgIpc) is 2.45. The van der Waals surface area contributed by atoms with Crippen molar-refractivity contribution in [1.29, 1.82) is 0 Å². The van der Waals surface area contributed by atoms with E-state index in [1.165, 1.54) is 4.31 Å². The second-order valence-corrected chi connectivity index (χ2v) is 7.01. The SMILES string of the molecule is CCC(CC)(CC)NS(=O)(=O)N1CCCCC1CO. The van der Waals surface area contributed by atoms with Gasteiger partial charge >= 0.3 is 0 Å². The van der Waals surface area contributed by atoms with Crippen LogP contribution in [0, 0.1) is 0 Å². The van der Waals surface area contributed by atoms with E-state index in [1.807, 2.05) is 20.8 Å². The van der Waals surface area contributed by atoms with Crippen molar-refractivity contribution in [2.45, 2.75) is 70.9 Å². The van der Waals surface area contributed by atoms with Gasteiger partial charge in [-0.2, -0.15) is 17.4 Å². The van der Waals surface area contributed by atoms with E-state index in [4.69, 9.17) is 0 Å². The third-order valence-corrected chi connectivity index (χ3v) is 6.26. The first-order chi connectivity index (χ1) is 8.94. The Bertz CT molecular complexity index is 358. The minimum atomic E-state index is -3.52. The van der Waals surface area contributed by atoms with E-state index in [-0.39, 0.29) is 18.2 Å². The molecule has 1 unspecified atom stereocenters. The number of rotatable bonds is 7. The van der Waals surface area contributed by atoms with E-state index in [9.17, 15) is 13.5 Å². The molecular weight excluding hydrogens is 264 g/mol. The molecule has 0 bridgehead atoms. The maximum atomic E-state index is 12.6. The van der Waals surface area contributed by atoms with Crippen molar-refractivity contribution in [3.8, 4) is 0 Å². The quantitative estimate of drug-likeness (QED) is 0.749. The summed E-state index contributed by atoms with van der Waals surface area (Å²) in [7, 11) is -3.52. The standard InChI is InChI=1S/C13H28N2O3S/c1-4-13(5-2,6-3)14-19(17,18)15-10-8-7-9-12(15)11-16/h12,14,16H,4-11H2,1-3H3. The Morgan fingerprint density at radius 3 is 2.26 bits per heavy atom. The van der Waals surface area contributed by atoms with Crippen LogP contribution in [0.4, 0.5) is 0 Å². The highest BCUT2D eigenvalue weighted by molar-refractivity contribution is 7.87. The lowest BCUT2D eigenvalue weighted by Crippen LogP contribution is -2.56. The minimum Gasteiger partial charge on any atom is -0.395 e. The average molecular weight is 292 g/mol. The number of hydrogen-bond acceptors (Lipinski definition) is 3. The Labute approximate surface area is 117 Å². The second kappa shape index (κ2) is 7.02. The Balaban J connectivity index is 2.90. The van der Waals surface area contributed by atoms with Crippen LogP contribution in [0.5, 0.6) is 0 Å². The van der Waals surface area contributed by atoms with E-state index >= 15 is 0 Å². The molecular formula is C13H28N2O3S. The zero-order chi connectivity index (χ0) is 14.5. The van der Waals surface area contributed by atoms with Gasteiger partial charge in [0.2, 0.25) is 0 Å². The number of hydrogen-bond donors (Lipinski definition) is 2. The fraction of sp³-hybridized carbons (Fsp3) is 1.00. The second-order valence-electron chi connectivity index (χ2n) is 5.39. The molecule has 19 heavy (non-hydrogen) atoms. The van der Waals surface area contributed by atoms with Gasteiger partial charge in [0.1, 0.15) is 0 Å². The molecule has 6 heteroatoms. The topological polar surface area (TPSA) is 69.6 Å². The third kappa shape index (κ3) is 3.90. The van der Waals surface area contributed by atoms with Crippen molar-refractivity contribution in [2.75, 3.05) is 13.2 Å². The summed E-state index contributed by atoms with van der Waals surface area (Å²) in [6.07, 6.45) is 4.92. The third-order valence-electron chi connectivity index (χ3n) is 4.47. The summed E-state index contributed by atoms with van der Waals surface area (Å²) in [6, 6.07) is -0.269. The zero-order valence-corrected chi connectivity index (χ0v) is 13.2. The lowest BCUT2D eigenvalue weighted by atomic mass is 9.91. The van der Waals surface area contributed by atoms with Crippen molar-refractivity contribution in [3.05, 3.63) is 0 Å². The minimum absolute atomic E-state index is 0.0989. The van der Waals surface area contributed by atoms with Crippen molar-refractivity contribution in [1.82, 2.24) is 9.03 Å². The molecule has 5 nitrogen and oxygen atoms in total. The number of nitrogens with one attached hydrogen (secondary N) is 1. The number of piperidine rings is 1. The van der Waals surface area contributed by atoms with Crippen LogP contribution in [0.3, 0.4) is 0 Å². The van der Waals surface area contributed by atoms with Crippen molar-refractivity contribution >= 4 is 10.2 Å². The molecule has 0 aromatic carbocycles. The summed E-state index contributed by atoms with van der Waals surface area (Å²) in [5, 5.41) is 9.36. The molecule has 1 rings (SSSR count). The maximum Gasteiger partial charge on any atom is 0.280 e. The smallest absolute Gasteiger partial charge is 0.280 e. The van der Waals surface area contributed by atoms with Crippen LogP contribution in [-0.2, 0) is 10.2 Å². The summed E-state index contributed by atoms with van der Waals surface area (Å²) < 4.78 is 29.4. The maximum absolute atomic E-state index is 12.6. The normalized spacial score (nSPS) is 22.6. The van der Waals surface area contributed by atoms with Gasteiger partial charge in [-0.1, -0.05) is 27.2 Å². The summed E-state index contributed by atoms with van der Waals surface area (Å²) in [4.78, 5) is 0. The van der Waals surface area contributed by atoms with Gasteiger partial charge in [0, 0.05) is 18.1 Å². The lowest BCUT2D eigenvalue weighted by Gasteiger charge is -2.38. The Kier molecular flexibility index (Phi) is 6.23. The molecule has 0 aromatic rings. The summed E-state index contributed by atoms with van der Waals surface area (Å²) in [5.41, 5.74) is -0.365. The first-order valence-electron chi connectivity index (χ1n) is 7.36. The van der Waals surface area contributed by atoms with E-state index in [1.54, 1.807) is 0 Å². The van der Waals surface area contributed by atoms with Crippen LogP contribution in [0.2, 0.25) is 0 Å². The van der Waals surface area contributed by atoms with Crippen molar-refractivity contribution in [3.63, 3.8) is 0 Å². The van der Waals surface area contributed by atoms with Gasteiger partial charge in [0.15, 0.2) is 0 Å². The highest BCUT2D eigenvalue weighted by atomic mass is 32.2. The number of aliphatic hydroxyl groups is 1. The lowest BCUT2D eigenvalue weighted by molar-refractivity contribution is 0.151. The fourth-order valence-electron chi connectivity index (χ4n) is 2.77. The zero-order valence-electron chi connectivity index (χ0n) is 12.4. The highest BCUT2D eigenvalue weighted by Gasteiger charge is 2.37. The number of aliphatic hydroxyl groups excluding tert-OH is 1. The molecule has 0 spiro atoms. The summed E-state index contributed by atoms with van der Waals surface area (Å²) >= 11 is 0. The molecule has 1 saturated heterocycles. The molecule has 0 saturated carbocycles. The molecule has 0 amide bonds. The van der Waals surface area contributed by atoms with Crippen LogP contribution in [0.1, 0.15) is 59.3 Å². The van der Waals surface area contributed by atoms with E-state index in [0.717, 1.165) is 38.5 Å². The first-order valence-corrected chi connectivity index (χ1v) is 8.80. The van der Waals surface area contributed by atoms with Gasteiger partial charge in [-0.05, 0) is 32.1 Å².